The van der Waals surface area contributed by atoms with Crippen LogP contribution in [0, 0.1) is 5.92 Å². The Morgan fingerprint density at radius 2 is 2.00 bits per heavy atom. The third-order valence-electron chi connectivity index (χ3n) is 3.08. The van der Waals surface area contributed by atoms with Gasteiger partial charge in [-0.15, -0.1) is 0 Å². The Kier molecular flexibility index (Phi) is 3.31. The first kappa shape index (κ1) is 10.5. The molecular weight excluding hydrogens is 164 g/mol. The molecule has 3 heteroatoms. The zero-order chi connectivity index (χ0) is 9.90. The molecule has 0 unspecified atom stereocenters. The first-order valence-electron chi connectivity index (χ1n) is 5.19. The van der Waals surface area contributed by atoms with Crippen molar-refractivity contribution in [3.05, 3.63) is 0 Å². The van der Waals surface area contributed by atoms with E-state index in [1.807, 2.05) is 0 Å². The smallest absolute Gasteiger partial charge is 0.223 e. The number of carbonyl (C=O) groups excluding carboxylic acids is 1. The van der Waals surface area contributed by atoms with E-state index in [-0.39, 0.29) is 17.4 Å². The van der Waals surface area contributed by atoms with Crippen LogP contribution in [0.25, 0.3) is 0 Å². The average Bonchev–Trinajstić information content (AvgIpc) is 2.97. The van der Waals surface area contributed by atoms with E-state index in [1.54, 1.807) is 0 Å². The van der Waals surface area contributed by atoms with Gasteiger partial charge >= 0.3 is 0 Å². The minimum Gasteiger partial charge on any atom is -0.349 e. The summed E-state index contributed by atoms with van der Waals surface area (Å²) in [5, 5.41) is 3.08. The van der Waals surface area contributed by atoms with E-state index in [0.29, 0.717) is 6.54 Å². The molecule has 3 N–H and O–H groups in total. The second kappa shape index (κ2) is 4.09. The van der Waals surface area contributed by atoms with E-state index in [2.05, 4.69) is 19.2 Å². The summed E-state index contributed by atoms with van der Waals surface area (Å²) < 4.78 is 0. The predicted molar refractivity (Wildman–Crippen MR) is 53.2 cm³/mol. The molecule has 0 atom stereocenters. The van der Waals surface area contributed by atoms with Crippen LogP contribution in [0.2, 0.25) is 0 Å². The largest absolute Gasteiger partial charge is 0.349 e. The van der Waals surface area contributed by atoms with Crippen LogP contribution in [0.4, 0.5) is 0 Å². The van der Waals surface area contributed by atoms with Crippen molar-refractivity contribution >= 4 is 5.91 Å². The number of nitrogens with one attached hydrogen (secondary N) is 1. The highest BCUT2D eigenvalue weighted by Crippen LogP contribution is 2.30. The van der Waals surface area contributed by atoms with Crippen molar-refractivity contribution in [1.82, 2.24) is 5.32 Å². The first-order chi connectivity index (χ1) is 6.17. The number of carbonyl (C=O) groups is 1. The van der Waals surface area contributed by atoms with Gasteiger partial charge in [0.25, 0.3) is 0 Å². The molecule has 0 aromatic heterocycles. The zero-order valence-electron chi connectivity index (χ0n) is 8.60. The molecule has 1 fully saturated rings. The lowest BCUT2D eigenvalue weighted by atomic mass is 9.92. The third-order valence-corrected chi connectivity index (χ3v) is 3.08. The molecule has 76 valence electrons. The Balaban J connectivity index is 2.49. The summed E-state index contributed by atoms with van der Waals surface area (Å²) in [5.74, 6) is 0.484. The number of rotatable bonds is 5. The first-order valence-corrected chi connectivity index (χ1v) is 5.19. The van der Waals surface area contributed by atoms with Crippen LogP contribution in [0.15, 0.2) is 0 Å². The third kappa shape index (κ3) is 2.44. The van der Waals surface area contributed by atoms with Gasteiger partial charge in [-0.25, -0.2) is 0 Å². The van der Waals surface area contributed by atoms with Crippen LogP contribution in [0.1, 0.15) is 39.5 Å². The van der Waals surface area contributed by atoms with Gasteiger partial charge in [0, 0.05) is 12.5 Å². The van der Waals surface area contributed by atoms with E-state index < -0.39 is 0 Å². The summed E-state index contributed by atoms with van der Waals surface area (Å²) in [5.41, 5.74) is 5.53. The summed E-state index contributed by atoms with van der Waals surface area (Å²) >= 11 is 0. The fraction of sp³-hybridized carbons (Fsp3) is 0.900. The average molecular weight is 184 g/mol. The highest BCUT2D eigenvalue weighted by atomic mass is 16.2. The number of hydrogen-bond acceptors (Lipinski definition) is 2. The summed E-state index contributed by atoms with van der Waals surface area (Å²) in [6.07, 6.45) is 3.94. The monoisotopic (exact) mass is 184 g/mol. The topological polar surface area (TPSA) is 55.1 Å². The van der Waals surface area contributed by atoms with Crippen LogP contribution in [-0.2, 0) is 4.79 Å². The lowest BCUT2D eigenvalue weighted by molar-refractivity contribution is -0.124. The quantitative estimate of drug-likeness (QED) is 0.670. The van der Waals surface area contributed by atoms with Gasteiger partial charge in [-0.05, 0) is 25.7 Å². The molecule has 0 aromatic carbocycles. The Bertz CT molecular complexity index is 175. The summed E-state index contributed by atoms with van der Waals surface area (Å²) in [4.78, 5) is 11.5. The van der Waals surface area contributed by atoms with E-state index >= 15 is 0 Å². The van der Waals surface area contributed by atoms with E-state index in [1.165, 1.54) is 0 Å². The molecule has 0 bridgehead atoms. The second-order valence-electron chi connectivity index (χ2n) is 3.96. The van der Waals surface area contributed by atoms with Gasteiger partial charge in [0.05, 0.1) is 5.54 Å². The molecule has 13 heavy (non-hydrogen) atoms. The van der Waals surface area contributed by atoms with Gasteiger partial charge in [0.2, 0.25) is 5.91 Å². The molecule has 0 aliphatic heterocycles. The molecule has 0 heterocycles. The molecular formula is C10H20N2O. The molecule has 3 nitrogen and oxygen atoms in total. The molecule has 1 aliphatic carbocycles. The molecule has 1 aliphatic rings. The molecule has 0 radical (unpaired) electrons. The lowest BCUT2D eigenvalue weighted by Gasteiger charge is -2.31. The Morgan fingerprint density at radius 1 is 1.46 bits per heavy atom. The van der Waals surface area contributed by atoms with Gasteiger partial charge in [-0.2, -0.15) is 0 Å². The summed E-state index contributed by atoms with van der Waals surface area (Å²) in [7, 11) is 0. The second-order valence-corrected chi connectivity index (χ2v) is 3.96. The summed E-state index contributed by atoms with van der Waals surface area (Å²) in [6.45, 7) is 4.69. The van der Waals surface area contributed by atoms with Crippen molar-refractivity contribution in [2.45, 2.75) is 45.1 Å². The van der Waals surface area contributed by atoms with Crippen LogP contribution < -0.4 is 11.1 Å². The number of nitrogens with two attached hydrogens (primary N) is 1. The van der Waals surface area contributed by atoms with Crippen LogP contribution in [-0.4, -0.2) is 18.0 Å². The molecule has 1 saturated carbocycles. The Morgan fingerprint density at radius 3 is 2.31 bits per heavy atom. The van der Waals surface area contributed by atoms with Crippen molar-refractivity contribution < 1.29 is 4.79 Å². The lowest BCUT2D eigenvalue weighted by Crippen LogP contribution is -2.53. The number of amides is 1. The van der Waals surface area contributed by atoms with Crippen molar-refractivity contribution in [3.8, 4) is 0 Å². The molecule has 0 saturated heterocycles. The zero-order valence-corrected chi connectivity index (χ0v) is 8.60. The predicted octanol–water partition coefficient (Wildman–Crippen LogP) is 1.03. The Labute approximate surface area is 80.1 Å². The summed E-state index contributed by atoms with van der Waals surface area (Å²) in [6, 6.07) is 0. The fourth-order valence-electron chi connectivity index (χ4n) is 1.48. The molecule has 0 spiro atoms. The van der Waals surface area contributed by atoms with Gasteiger partial charge in [0.1, 0.15) is 0 Å². The van der Waals surface area contributed by atoms with Gasteiger partial charge < -0.3 is 11.1 Å². The molecule has 1 rings (SSSR count). The van der Waals surface area contributed by atoms with E-state index in [4.69, 9.17) is 5.73 Å². The minimum atomic E-state index is -0.153. The maximum atomic E-state index is 11.5. The van der Waals surface area contributed by atoms with Crippen molar-refractivity contribution in [3.63, 3.8) is 0 Å². The molecule has 1 amide bonds. The van der Waals surface area contributed by atoms with Crippen LogP contribution in [0.3, 0.4) is 0 Å². The van der Waals surface area contributed by atoms with Crippen LogP contribution in [0.5, 0.6) is 0 Å². The standard InChI is InChI=1S/C10H20N2O/c1-3-10(4-2,7-11)12-9(13)8-5-6-8/h8H,3-7,11H2,1-2H3,(H,12,13). The minimum absolute atomic E-state index is 0.153. The molecule has 0 aromatic rings. The van der Waals surface area contributed by atoms with Crippen molar-refractivity contribution in [1.29, 1.82) is 0 Å². The van der Waals surface area contributed by atoms with E-state index in [9.17, 15) is 4.79 Å². The van der Waals surface area contributed by atoms with Crippen molar-refractivity contribution in [2.24, 2.45) is 11.7 Å². The highest BCUT2D eigenvalue weighted by molar-refractivity contribution is 5.81. The van der Waals surface area contributed by atoms with Gasteiger partial charge in [-0.1, -0.05) is 13.8 Å². The number of hydrogen-bond donors (Lipinski definition) is 2. The fourth-order valence-corrected chi connectivity index (χ4v) is 1.48. The maximum Gasteiger partial charge on any atom is 0.223 e. The maximum absolute atomic E-state index is 11.5. The van der Waals surface area contributed by atoms with Crippen LogP contribution >= 0.6 is 0 Å². The van der Waals surface area contributed by atoms with Crippen molar-refractivity contribution in [2.75, 3.05) is 6.54 Å². The van der Waals surface area contributed by atoms with Gasteiger partial charge in [-0.3, -0.25) is 4.79 Å². The van der Waals surface area contributed by atoms with E-state index in [0.717, 1.165) is 25.7 Å². The highest BCUT2D eigenvalue weighted by Gasteiger charge is 2.34. The Hall–Kier alpha value is -0.570. The van der Waals surface area contributed by atoms with Gasteiger partial charge in [0.15, 0.2) is 0 Å². The SMILES string of the molecule is CCC(CC)(CN)NC(=O)C1CC1. The normalized spacial score (nSPS) is 17.2.